The molecule has 0 amide bonds. The third kappa shape index (κ3) is 2.79. The Bertz CT molecular complexity index is 842. The zero-order chi connectivity index (χ0) is 17.5. The summed E-state index contributed by atoms with van der Waals surface area (Å²) in [6.07, 6.45) is 7.17. The molecule has 26 heavy (non-hydrogen) atoms. The van der Waals surface area contributed by atoms with Crippen LogP contribution in [0.25, 0.3) is 11.1 Å². The van der Waals surface area contributed by atoms with E-state index in [1.165, 1.54) is 17.7 Å². The molecule has 0 spiro atoms. The Morgan fingerprint density at radius 3 is 2.77 bits per heavy atom. The minimum Gasteiger partial charge on any atom is -0.381 e. The van der Waals surface area contributed by atoms with Crippen molar-refractivity contribution in [2.75, 3.05) is 26.3 Å². The largest absolute Gasteiger partial charge is 0.381 e. The predicted octanol–water partition coefficient (Wildman–Crippen LogP) is 2.51. The van der Waals surface area contributed by atoms with E-state index >= 15 is 0 Å². The molecular weight excluding hydrogens is 326 g/mol. The van der Waals surface area contributed by atoms with Gasteiger partial charge in [0, 0.05) is 80.1 Å². The van der Waals surface area contributed by atoms with E-state index < -0.39 is 0 Å². The van der Waals surface area contributed by atoms with Crippen LogP contribution in [0, 0.1) is 5.92 Å². The van der Waals surface area contributed by atoms with Gasteiger partial charge in [-0.25, -0.2) is 0 Å². The second kappa shape index (κ2) is 6.63. The molecular formula is C21H25N3O2. The van der Waals surface area contributed by atoms with Gasteiger partial charge in [-0.2, -0.15) is 0 Å². The molecule has 2 bridgehead atoms. The predicted molar refractivity (Wildman–Crippen MR) is 100 cm³/mol. The molecule has 5 heteroatoms. The van der Waals surface area contributed by atoms with Crippen LogP contribution < -0.4 is 5.56 Å². The molecule has 2 aromatic rings. The zero-order valence-corrected chi connectivity index (χ0v) is 15.0. The van der Waals surface area contributed by atoms with Gasteiger partial charge in [-0.1, -0.05) is 6.07 Å². The van der Waals surface area contributed by atoms with Crippen molar-refractivity contribution in [3.8, 4) is 11.1 Å². The molecule has 0 aliphatic carbocycles. The summed E-state index contributed by atoms with van der Waals surface area (Å²) in [5.41, 5.74) is 3.65. The topological polar surface area (TPSA) is 47.4 Å². The maximum absolute atomic E-state index is 12.6. The number of pyridine rings is 2. The van der Waals surface area contributed by atoms with E-state index in [1.54, 1.807) is 12.3 Å². The Morgan fingerprint density at radius 1 is 1.08 bits per heavy atom. The molecule has 0 saturated carbocycles. The molecule has 2 fully saturated rings. The highest BCUT2D eigenvalue weighted by Gasteiger charge is 2.38. The lowest BCUT2D eigenvalue weighted by Gasteiger charge is -2.47. The minimum atomic E-state index is 0.141. The van der Waals surface area contributed by atoms with Crippen molar-refractivity contribution < 1.29 is 4.74 Å². The lowest BCUT2D eigenvalue weighted by molar-refractivity contribution is 0.00597. The van der Waals surface area contributed by atoms with E-state index in [0.29, 0.717) is 17.9 Å². The van der Waals surface area contributed by atoms with Gasteiger partial charge >= 0.3 is 0 Å². The number of nitrogens with zero attached hydrogens (tertiary/aromatic N) is 3. The molecule has 2 saturated heterocycles. The number of fused-ring (bicyclic) bond motifs is 4. The third-order valence-corrected chi connectivity index (χ3v) is 6.30. The molecule has 136 valence electrons. The maximum atomic E-state index is 12.6. The average Bonchev–Trinajstić information content (AvgIpc) is 2.70. The first-order chi connectivity index (χ1) is 12.8. The van der Waals surface area contributed by atoms with E-state index in [2.05, 4.69) is 16.0 Å². The Labute approximate surface area is 153 Å². The van der Waals surface area contributed by atoms with Crippen LogP contribution in [0.3, 0.4) is 0 Å². The Morgan fingerprint density at radius 2 is 1.96 bits per heavy atom. The van der Waals surface area contributed by atoms with Crippen molar-refractivity contribution in [1.82, 2.24) is 14.5 Å². The number of piperidine rings is 1. The second-order valence-corrected chi connectivity index (χ2v) is 7.92. The molecule has 5 heterocycles. The molecule has 0 N–H and O–H groups in total. The summed E-state index contributed by atoms with van der Waals surface area (Å²) in [5.74, 6) is 1.00. The van der Waals surface area contributed by atoms with Gasteiger partial charge in [0.25, 0.3) is 5.56 Å². The fourth-order valence-electron chi connectivity index (χ4n) is 5.17. The highest BCUT2D eigenvalue weighted by atomic mass is 16.5. The van der Waals surface area contributed by atoms with E-state index in [4.69, 9.17) is 4.74 Å². The van der Waals surface area contributed by atoms with Crippen LogP contribution >= 0.6 is 0 Å². The van der Waals surface area contributed by atoms with Crippen LogP contribution in [0.4, 0.5) is 0 Å². The highest BCUT2D eigenvalue weighted by Crippen LogP contribution is 2.40. The van der Waals surface area contributed by atoms with Crippen LogP contribution in [-0.2, 0) is 11.3 Å². The lowest BCUT2D eigenvalue weighted by Crippen LogP contribution is -2.51. The van der Waals surface area contributed by atoms with Crippen molar-refractivity contribution in [3.05, 3.63) is 52.7 Å². The quantitative estimate of drug-likeness (QED) is 0.834. The van der Waals surface area contributed by atoms with Gasteiger partial charge in [-0.15, -0.1) is 0 Å². The first-order valence-electron chi connectivity index (χ1n) is 9.75. The SMILES string of the molecule is O=c1ccc(-c2cccnc2)c2n1C[C@H]1C[C@H]2CN(C2CCOCC2)C1. The van der Waals surface area contributed by atoms with Crippen LogP contribution in [0.2, 0.25) is 0 Å². The summed E-state index contributed by atoms with van der Waals surface area (Å²) in [6.45, 7) is 4.78. The van der Waals surface area contributed by atoms with Crippen LogP contribution in [-0.4, -0.2) is 46.8 Å². The van der Waals surface area contributed by atoms with Gasteiger partial charge < -0.3 is 9.30 Å². The number of likely N-dealkylation sites (tertiary alicyclic amines) is 1. The number of ether oxygens (including phenoxy) is 1. The lowest BCUT2D eigenvalue weighted by atomic mass is 9.80. The smallest absolute Gasteiger partial charge is 0.250 e. The fourth-order valence-corrected chi connectivity index (χ4v) is 5.17. The third-order valence-electron chi connectivity index (χ3n) is 6.30. The van der Waals surface area contributed by atoms with Crippen LogP contribution in [0.5, 0.6) is 0 Å². The van der Waals surface area contributed by atoms with Crippen molar-refractivity contribution in [2.45, 2.75) is 37.8 Å². The summed E-state index contributed by atoms with van der Waals surface area (Å²) in [7, 11) is 0. The van der Waals surface area contributed by atoms with Crippen LogP contribution in [0.1, 0.15) is 30.9 Å². The van der Waals surface area contributed by atoms with Gasteiger partial charge in [0.1, 0.15) is 0 Å². The number of aromatic nitrogens is 2. The summed E-state index contributed by atoms with van der Waals surface area (Å²) in [5, 5.41) is 0. The van der Waals surface area contributed by atoms with E-state index in [9.17, 15) is 4.79 Å². The van der Waals surface area contributed by atoms with E-state index in [0.717, 1.165) is 51.3 Å². The molecule has 2 atom stereocenters. The molecule has 3 aliphatic heterocycles. The van der Waals surface area contributed by atoms with Crippen molar-refractivity contribution in [3.63, 3.8) is 0 Å². The van der Waals surface area contributed by atoms with Gasteiger partial charge in [-0.3, -0.25) is 14.7 Å². The fraction of sp³-hybridized carbons (Fsp3) is 0.524. The summed E-state index contributed by atoms with van der Waals surface area (Å²) >= 11 is 0. The van der Waals surface area contributed by atoms with E-state index in [-0.39, 0.29) is 5.56 Å². The maximum Gasteiger partial charge on any atom is 0.250 e. The molecule has 0 unspecified atom stereocenters. The Balaban J connectivity index is 1.54. The molecule has 5 nitrogen and oxygen atoms in total. The summed E-state index contributed by atoms with van der Waals surface area (Å²) in [6, 6.07) is 8.43. The van der Waals surface area contributed by atoms with Crippen LogP contribution in [0.15, 0.2) is 41.5 Å². The molecule has 2 aromatic heterocycles. The summed E-state index contributed by atoms with van der Waals surface area (Å²) in [4.78, 5) is 19.5. The normalized spacial score (nSPS) is 26.5. The van der Waals surface area contributed by atoms with Gasteiger partial charge in [0.15, 0.2) is 0 Å². The van der Waals surface area contributed by atoms with Crippen molar-refractivity contribution in [2.24, 2.45) is 5.92 Å². The molecule has 3 aliphatic rings. The summed E-state index contributed by atoms with van der Waals surface area (Å²) < 4.78 is 7.60. The Kier molecular flexibility index (Phi) is 4.14. The number of hydrogen-bond donors (Lipinski definition) is 0. The Hall–Kier alpha value is -1.98. The zero-order valence-electron chi connectivity index (χ0n) is 15.0. The van der Waals surface area contributed by atoms with Gasteiger partial charge in [-0.05, 0) is 37.3 Å². The van der Waals surface area contributed by atoms with Gasteiger partial charge in [0.2, 0.25) is 0 Å². The van der Waals surface area contributed by atoms with Gasteiger partial charge in [0.05, 0.1) is 0 Å². The van der Waals surface area contributed by atoms with Crippen molar-refractivity contribution in [1.29, 1.82) is 0 Å². The molecule has 0 aromatic carbocycles. The number of hydrogen-bond acceptors (Lipinski definition) is 4. The highest BCUT2D eigenvalue weighted by molar-refractivity contribution is 5.66. The first kappa shape index (κ1) is 16.2. The second-order valence-electron chi connectivity index (χ2n) is 7.92. The standard InChI is InChI=1S/C21H25N3O2/c25-20-4-3-19(16-2-1-7-22-11-16)21-17-10-15(13-24(20)21)12-23(14-17)18-5-8-26-9-6-18/h1-4,7,11,15,17-18H,5-6,8-10,12-14H2/t15-,17-/m0/s1. The minimum absolute atomic E-state index is 0.141. The van der Waals surface area contributed by atoms with Crippen molar-refractivity contribution >= 4 is 0 Å². The average molecular weight is 351 g/mol. The molecule has 0 radical (unpaired) electrons. The first-order valence-corrected chi connectivity index (χ1v) is 9.75. The molecule has 5 rings (SSSR count). The monoisotopic (exact) mass is 351 g/mol. The van der Waals surface area contributed by atoms with E-state index in [1.807, 2.05) is 22.9 Å². The number of rotatable bonds is 2.